The molecule has 0 saturated heterocycles. The van der Waals surface area contributed by atoms with Crippen LogP contribution in [-0.4, -0.2) is 18.4 Å². The molecular formula is C19H21NO3. The average molecular weight is 311 g/mol. The molecular weight excluding hydrogens is 290 g/mol. The SMILES string of the molecule is Cc1cc(C)c(OC(=O)CCNC(=O)c2ccccc2)c(C)c1. The van der Waals surface area contributed by atoms with Crippen molar-refractivity contribution in [3.63, 3.8) is 0 Å². The smallest absolute Gasteiger partial charge is 0.312 e. The minimum Gasteiger partial charge on any atom is -0.426 e. The quantitative estimate of drug-likeness (QED) is 0.680. The van der Waals surface area contributed by atoms with Crippen LogP contribution in [0.5, 0.6) is 5.75 Å². The van der Waals surface area contributed by atoms with Gasteiger partial charge in [0.05, 0.1) is 6.42 Å². The molecule has 1 amide bonds. The van der Waals surface area contributed by atoms with Gasteiger partial charge in [0.1, 0.15) is 5.75 Å². The van der Waals surface area contributed by atoms with E-state index in [1.807, 2.05) is 39.0 Å². The molecule has 0 aliphatic rings. The number of hydrogen-bond acceptors (Lipinski definition) is 3. The average Bonchev–Trinajstić information content (AvgIpc) is 2.51. The third-order valence-corrected chi connectivity index (χ3v) is 3.47. The number of carbonyl (C=O) groups is 2. The van der Waals surface area contributed by atoms with Gasteiger partial charge in [-0.05, 0) is 44.0 Å². The zero-order valence-electron chi connectivity index (χ0n) is 13.7. The molecule has 0 aliphatic heterocycles. The van der Waals surface area contributed by atoms with Crippen molar-refractivity contribution in [3.05, 3.63) is 64.7 Å². The van der Waals surface area contributed by atoms with Crippen molar-refractivity contribution in [1.82, 2.24) is 5.32 Å². The minimum absolute atomic E-state index is 0.130. The topological polar surface area (TPSA) is 55.4 Å². The predicted molar refractivity (Wildman–Crippen MR) is 89.7 cm³/mol. The van der Waals surface area contributed by atoms with Crippen molar-refractivity contribution in [2.75, 3.05) is 6.54 Å². The lowest BCUT2D eigenvalue weighted by molar-refractivity contribution is -0.134. The summed E-state index contributed by atoms with van der Waals surface area (Å²) in [5, 5.41) is 2.71. The molecule has 0 saturated carbocycles. The Kier molecular flexibility index (Phi) is 5.52. The molecule has 0 unspecified atom stereocenters. The Labute approximate surface area is 136 Å². The van der Waals surface area contributed by atoms with E-state index in [-0.39, 0.29) is 24.8 Å². The first kappa shape index (κ1) is 16.7. The molecule has 120 valence electrons. The molecule has 0 aliphatic carbocycles. The van der Waals surface area contributed by atoms with Gasteiger partial charge < -0.3 is 10.1 Å². The highest BCUT2D eigenvalue weighted by atomic mass is 16.5. The summed E-state index contributed by atoms with van der Waals surface area (Å²) in [5.41, 5.74) is 3.58. The fourth-order valence-electron chi connectivity index (χ4n) is 2.46. The lowest BCUT2D eigenvalue weighted by Gasteiger charge is -2.12. The van der Waals surface area contributed by atoms with Gasteiger partial charge >= 0.3 is 5.97 Å². The Balaban J connectivity index is 1.85. The van der Waals surface area contributed by atoms with Crippen LogP contribution in [0.3, 0.4) is 0 Å². The van der Waals surface area contributed by atoms with E-state index in [4.69, 9.17) is 4.74 Å². The summed E-state index contributed by atoms with van der Waals surface area (Å²) in [4.78, 5) is 23.8. The number of benzene rings is 2. The first-order valence-electron chi connectivity index (χ1n) is 7.59. The lowest BCUT2D eigenvalue weighted by Crippen LogP contribution is -2.27. The van der Waals surface area contributed by atoms with Crippen molar-refractivity contribution in [1.29, 1.82) is 0 Å². The Morgan fingerprint density at radius 2 is 1.61 bits per heavy atom. The molecule has 1 N–H and O–H groups in total. The first-order chi connectivity index (χ1) is 11.0. The highest BCUT2D eigenvalue weighted by molar-refractivity contribution is 5.94. The molecule has 0 fully saturated rings. The maximum atomic E-state index is 11.9. The van der Waals surface area contributed by atoms with Crippen LogP contribution < -0.4 is 10.1 Å². The van der Waals surface area contributed by atoms with E-state index in [2.05, 4.69) is 5.32 Å². The fourth-order valence-corrected chi connectivity index (χ4v) is 2.46. The van der Waals surface area contributed by atoms with Crippen LogP contribution in [0, 0.1) is 20.8 Å². The van der Waals surface area contributed by atoms with E-state index < -0.39 is 0 Å². The molecule has 4 nitrogen and oxygen atoms in total. The van der Waals surface area contributed by atoms with Gasteiger partial charge in [-0.2, -0.15) is 0 Å². The summed E-state index contributed by atoms with van der Waals surface area (Å²) >= 11 is 0. The number of rotatable bonds is 5. The van der Waals surface area contributed by atoms with Crippen molar-refractivity contribution < 1.29 is 14.3 Å². The Morgan fingerprint density at radius 1 is 1.00 bits per heavy atom. The summed E-state index contributed by atoms with van der Waals surface area (Å²) in [5.74, 6) is 0.0597. The van der Waals surface area contributed by atoms with Crippen LogP contribution in [0.15, 0.2) is 42.5 Å². The van der Waals surface area contributed by atoms with Crippen LogP contribution in [0.4, 0.5) is 0 Å². The molecule has 23 heavy (non-hydrogen) atoms. The number of ether oxygens (including phenoxy) is 1. The molecule has 0 heterocycles. The van der Waals surface area contributed by atoms with Crippen LogP contribution in [0.25, 0.3) is 0 Å². The molecule has 0 atom stereocenters. The molecule has 2 aromatic rings. The normalized spacial score (nSPS) is 10.2. The Hall–Kier alpha value is -2.62. The van der Waals surface area contributed by atoms with Gasteiger partial charge in [0.15, 0.2) is 0 Å². The lowest BCUT2D eigenvalue weighted by atomic mass is 10.1. The second-order valence-corrected chi connectivity index (χ2v) is 5.57. The van der Waals surface area contributed by atoms with Gasteiger partial charge in [-0.15, -0.1) is 0 Å². The van der Waals surface area contributed by atoms with E-state index in [0.717, 1.165) is 16.7 Å². The highest BCUT2D eigenvalue weighted by Crippen LogP contribution is 2.24. The third-order valence-electron chi connectivity index (χ3n) is 3.47. The molecule has 2 rings (SSSR count). The van der Waals surface area contributed by atoms with Gasteiger partial charge in [0.2, 0.25) is 0 Å². The monoisotopic (exact) mass is 311 g/mol. The Morgan fingerprint density at radius 3 is 2.22 bits per heavy atom. The molecule has 0 bridgehead atoms. The maximum absolute atomic E-state index is 11.9. The van der Waals surface area contributed by atoms with Crippen molar-refractivity contribution in [2.24, 2.45) is 0 Å². The summed E-state index contributed by atoms with van der Waals surface area (Å²) < 4.78 is 5.43. The second kappa shape index (κ2) is 7.58. The van der Waals surface area contributed by atoms with Gasteiger partial charge in [-0.1, -0.05) is 35.9 Å². The van der Waals surface area contributed by atoms with Crippen LogP contribution in [-0.2, 0) is 4.79 Å². The minimum atomic E-state index is -0.353. The van der Waals surface area contributed by atoms with Crippen LogP contribution in [0.1, 0.15) is 33.5 Å². The molecule has 0 radical (unpaired) electrons. The number of esters is 1. The number of nitrogens with one attached hydrogen (secondary N) is 1. The number of amides is 1. The highest BCUT2D eigenvalue weighted by Gasteiger charge is 2.11. The van der Waals surface area contributed by atoms with Gasteiger partial charge in [0, 0.05) is 12.1 Å². The summed E-state index contributed by atoms with van der Waals surface area (Å²) in [6.07, 6.45) is 0.130. The summed E-state index contributed by atoms with van der Waals surface area (Å²) in [6.45, 7) is 6.08. The van der Waals surface area contributed by atoms with E-state index in [9.17, 15) is 9.59 Å². The molecule has 2 aromatic carbocycles. The van der Waals surface area contributed by atoms with Gasteiger partial charge in [-0.3, -0.25) is 9.59 Å². The van der Waals surface area contributed by atoms with Crippen molar-refractivity contribution >= 4 is 11.9 Å². The third kappa shape index (κ3) is 4.68. The van der Waals surface area contributed by atoms with E-state index in [0.29, 0.717) is 11.3 Å². The number of hydrogen-bond donors (Lipinski definition) is 1. The molecule has 0 spiro atoms. The van der Waals surface area contributed by atoms with Crippen molar-refractivity contribution in [2.45, 2.75) is 27.2 Å². The van der Waals surface area contributed by atoms with E-state index in [1.165, 1.54) is 0 Å². The zero-order valence-corrected chi connectivity index (χ0v) is 13.7. The summed E-state index contributed by atoms with van der Waals surface area (Å²) in [6, 6.07) is 12.9. The zero-order chi connectivity index (χ0) is 16.8. The number of carbonyl (C=O) groups excluding carboxylic acids is 2. The first-order valence-corrected chi connectivity index (χ1v) is 7.59. The van der Waals surface area contributed by atoms with Gasteiger partial charge in [-0.25, -0.2) is 0 Å². The predicted octanol–water partition coefficient (Wildman–Crippen LogP) is 3.34. The second-order valence-electron chi connectivity index (χ2n) is 5.57. The molecule has 0 aromatic heterocycles. The van der Waals surface area contributed by atoms with Gasteiger partial charge in [0.25, 0.3) is 5.91 Å². The van der Waals surface area contributed by atoms with Crippen LogP contribution >= 0.6 is 0 Å². The maximum Gasteiger partial charge on any atom is 0.312 e. The summed E-state index contributed by atoms with van der Waals surface area (Å²) in [7, 11) is 0. The Bertz CT molecular complexity index is 685. The van der Waals surface area contributed by atoms with E-state index >= 15 is 0 Å². The van der Waals surface area contributed by atoms with Crippen LogP contribution in [0.2, 0.25) is 0 Å². The standard InChI is InChI=1S/C19H21NO3/c1-13-11-14(2)18(15(3)12-13)23-17(21)9-10-20-19(22)16-7-5-4-6-8-16/h4-8,11-12H,9-10H2,1-3H3,(H,20,22). The largest absolute Gasteiger partial charge is 0.426 e. The fraction of sp³-hybridized carbons (Fsp3) is 0.263. The molecule has 4 heteroatoms. The van der Waals surface area contributed by atoms with Crippen molar-refractivity contribution in [3.8, 4) is 5.75 Å². The van der Waals surface area contributed by atoms with E-state index in [1.54, 1.807) is 24.3 Å². The number of aryl methyl sites for hydroxylation is 3.